The lowest BCUT2D eigenvalue weighted by atomic mass is 9.73. The second-order valence-electron chi connectivity index (χ2n) is 4.90. The lowest BCUT2D eigenvalue weighted by Gasteiger charge is -2.44. The van der Waals surface area contributed by atoms with Gasteiger partial charge in [0.15, 0.2) is 0 Å². The molecule has 0 aromatic carbocycles. The summed E-state index contributed by atoms with van der Waals surface area (Å²) in [5.41, 5.74) is 0. The predicted molar refractivity (Wildman–Crippen MR) is 58.4 cm³/mol. The summed E-state index contributed by atoms with van der Waals surface area (Å²) in [5, 5.41) is 0. The van der Waals surface area contributed by atoms with Crippen LogP contribution in [0.2, 0.25) is 0 Å². The third-order valence-corrected chi connectivity index (χ3v) is 3.92. The van der Waals surface area contributed by atoms with Gasteiger partial charge in [0.2, 0.25) is 0 Å². The molecule has 2 nitrogen and oxygen atoms in total. The molecule has 2 fully saturated rings. The van der Waals surface area contributed by atoms with Gasteiger partial charge in [-0.3, -0.25) is 0 Å². The Kier molecular flexibility index (Phi) is 3.45. The Balaban J connectivity index is 1.95. The van der Waals surface area contributed by atoms with Crippen LogP contribution in [0.1, 0.15) is 32.6 Å². The number of fused-ring (bicyclic) bond motifs is 1. The average molecular weight is 197 g/mol. The molecule has 0 N–H and O–H groups in total. The molecule has 0 aromatic rings. The van der Waals surface area contributed by atoms with Crippen molar-refractivity contribution in [3.05, 3.63) is 0 Å². The highest BCUT2D eigenvalue weighted by molar-refractivity contribution is 4.88. The van der Waals surface area contributed by atoms with Crippen LogP contribution < -0.4 is 0 Å². The first-order valence-electron chi connectivity index (χ1n) is 6.11. The van der Waals surface area contributed by atoms with Crippen LogP contribution >= 0.6 is 0 Å². The van der Waals surface area contributed by atoms with E-state index in [2.05, 4.69) is 18.9 Å². The topological polar surface area (TPSA) is 12.5 Å². The van der Waals surface area contributed by atoms with Crippen molar-refractivity contribution in [3.8, 4) is 0 Å². The fraction of sp³-hybridized carbons (Fsp3) is 1.00. The Hall–Kier alpha value is -0.0800. The zero-order valence-electron chi connectivity index (χ0n) is 9.54. The molecule has 0 aromatic heterocycles. The van der Waals surface area contributed by atoms with Crippen molar-refractivity contribution in [2.24, 2.45) is 11.8 Å². The Labute approximate surface area is 87.6 Å². The van der Waals surface area contributed by atoms with Crippen LogP contribution in [0.15, 0.2) is 0 Å². The molecule has 1 heterocycles. The van der Waals surface area contributed by atoms with Crippen molar-refractivity contribution < 1.29 is 4.74 Å². The van der Waals surface area contributed by atoms with Crippen molar-refractivity contribution in [1.82, 2.24) is 4.90 Å². The average Bonchev–Trinajstić information content (AvgIpc) is 2.18. The molecule has 3 unspecified atom stereocenters. The van der Waals surface area contributed by atoms with Gasteiger partial charge < -0.3 is 9.64 Å². The van der Waals surface area contributed by atoms with Crippen LogP contribution in [-0.2, 0) is 4.74 Å². The van der Waals surface area contributed by atoms with Crippen LogP contribution in [-0.4, -0.2) is 37.7 Å². The van der Waals surface area contributed by atoms with Crippen LogP contribution in [0, 0.1) is 11.8 Å². The predicted octanol–water partition coefficient (Wildman–Crippen LogP) is 2.14. The second-order valence-corrected chi connectivity index (χ2v) is 4.90. The molecule has 14 heavy (non-hydrogen) atoms. The maximum atomic E-state index is 5.87. The number of ether oxygens (including phenoxy) is 1. The highest BCUT2D eigenvalue weighted by atomic mass is 16.5. The fourth-order valence-corrected chi connectivity index (χ4v) is 3.24. The Morgan fingerprint density at radius 2 is 2.14 bits per heavy atom. The van der Waals surface area contributed by atoms with Gasteiger partial charge in [-0.25, -0.2) is 0 Å². The van der Waals surface area contributed by atoms with E-state index in [1.165, 1.54) is 38.8 Å². The van der Waals surface area contributed by atoms with Gasteiger partial charge in [-0.1, -0.05) is 6.42 Å². The molecule has 1 saturated heterocycles. The normalized spacial score (nSPS) is 39.4. The Morgan fingerprint density at radius 1 is 1.29 bits per heavy atom. The van der Waals surface area contributed by atoms with Crippen LogP contribution in [0.4, 0.5) is 0 Å². The SMILES string of the molecule is CCOC1CCCC2CN(C)CCC21. The molecule has 0 spiro atoms. The number of piperidine rings is 1. The van der Waals surface area contributed by atoms with Crippen LogP contribution in [0.25, 0.3) is 0 Å². The lowest BCUT2D eigenvalue weighted by molar-refractivity contribution is -0.0528. The molecule has 2 aliphatic rings. The van der Waals surface area contributed by atoms with E-state index in [4.69, 9.17) is 4.74 Å². The fourth-order valence-electron chi connectivity index (χ4n) is 3.24. The van der Waals surface area contributed by atoms with Gasteiger partial charge in [-0.2, -0.15) is 0 Å². The lowest BCUT2D eigenvalue weighted by Crippen LogP contribution is -2.45. The van der Waals surface area contributed by atoms with Crippen molar-refractivity contribution in [2.45, 2.75) is 38.7 Å². The number of nitrogens with zero attached hydrogens (tertiary/aromatic N) is 1. The summed E-state index contributed by atoms with van der Waals surface area (Å²) in [6.45, 7) is 5.58. The van der Waals surface area contributed by atoms with E-state index in [0.29, 0.717) is 6.10 Å². The van der Waals surface area contributed by atoms with E-state index in [1.807, 2.05) is 0 Å². The summed E-state index contributed by atoms with van der Waals surface area (Å²) < 4.78 is 5.87. The minimum Gasteiger partial charge on any atom is -0.378 e. The minimum absolute atomic E-state index is 0.576. The van der Waals surface area contributed by atoms with Crippen LogP contribution in [0.3, 0.4) is 0 Å². The minimum atomic E-state index is 0.576. The van der Waals surface area contributed by atoms with Gasteiger partial charge in [0.1, 0.15) is 0 Å². The molecule has 82 valence electrons. The van der Waals surface area contributed by atoms with Crippen molar-refractivity contribution in [1.29, 1.82) is 0 Å². The van der Waals surface area contributed by atoms with Gasteiger partial charge in [0.05, 0.1) is 6.10 Å². The van der Waals surface area contributed by atoms with Crippen molar-refractivity contribution in [2.75, 3.05) is 26.7 Å². The van der Waals surface area contributed by atoms with E-state index in [0.717, 1.165) is 18.4 Å². The first-order valence-corrected chi connectivity index (χ1v) is 6.11. The summed E-state index contributed by atoms with van der Waals surface area (Å²) in [5.74, 6) is 1.78. The highest BCUT2D eigenvalue weighted by Gasteiger charge is 2.36. The molecule has 1 saturated carbocycles. The smallest absolute Gasteiger partial charge is 0.0606 e. The third kappa shape index (κ3) is 2.12. The third-order valence-electron chi connectivity index (χ3n) is 3.92. The Bertz CT molecular complexity index is 174. The van der Waals surface area contributed by atoms with Gasteiger partial charge in [0, 0.05) is 13.2 Å². The molecular weight excluding hydrogens is 174 g/mol. The van der Waals surface area contributed by atoms with Gasteiger partial charge in [-0.15, -0.1) is 0 Å². The van der Waals surface area contributed by atoms with Gasteiger partial charge in [0.25, 0.3) is 0 Å². The largest absolute Gasteiger partial charge is 0.378 e. The summed E-state index contributed by atoms with van der Waals surface area (Å²) in [6, 6.07) is 0. The molecule has 2 heteroatoms. The van der Waals surface area contributed by atoms with Crippen molar-refractivity contribution in [3.63, 3.8) is 0 Å². The maximum Gasteiger partial charge on any atom is 0.0606 e. The van der Waals surface area contributed by atoms with Crippen LogP contribution in [0.5, 0.6) is 0 Å². The molecule has 0 bridgehead atoms. The highest BCUT2D eigenvalue weighted by Crippen LogP contribution is 2.37. The van der Waals surface area contributed by atoms with E-state index in [1.54, 1.807) is 0 Å². The molecule has 0 radical (unpaired) electrons. The van der Waals surface area contributed by atoms with E-state index >= 15 is 0 Å². The number of hydrogen-bond donors (Lipinski definition) is 0. The van der Waals surface area contributed by atoms with Gasteiger partial charge >= 0.3 is 0 Å². The molecule has 3 atom stereocenters. The van der Waals surface area contributed by atoms with Crippen molar-refractivity contribution >= 4 is 0 Å². The summed E-state index contributed by atoms with van der Waals surface area (Å²) in [7, 11) is 2.25. The standard InChI is InChI=1S/C12H23NO/c1-3-14-12-6-4-5-10-9-13(2)8-7-11(10)12/h10-12H,3-9H2,1-2H3. The van der Waals surface area contributed by atoms with E-state index < -0.39 is 0 Å². The zero-order valence-corrected chi connectivity index (χ0v) is 9.54. The van der Waals surface area contributed by atoms with E-state index in [-0.39, 0.29) is 0 Å². The number of likely N-dealkylation sites (tertiary alicyclic amines) is 1. The quantitative estimate of drug-likeness (QED) is 0.672. The molecule has 0 amide bonds. The number of hydrogen-bond acceptors (Lipinski definition) is 2. The van der Waals surface area contributed by atoms with E-state index in [9.17, 15) is 0 Å². The second kappa shape index (κ2) is 4.63. The maximum absolute atomic E-state index is 5.87. The first-order chi connectivity index (χ1) is 6.81. The molecule has 1 aliphatic carbocycles. The Morgan fingerprint density at radius 3 is 2.93 bits per heavy atom. The number of rotatable bonds is 2. The summed E-state index contributed by atoms with van der Waals surface area (Å²) in [6.07, 6.45) is 6.04. The molecule has 2 rings (SSSR count). The summed E-state index contributed by atoms with van der Waals surface area (Å²) in [4.78, 5) is 2.48. The monoisotopic (exact) mass is 197 g/mol. The first kappa shape index (κ1) is 10.4. The van der Waals surface area contributed by atoms with Gasteiger partial charge in [-0.05, 0) is 51.6 Å². The molecule has 1 aliphatic heterocycles. The zero-order chi connectivity index (χ0) is 9.97. The summed E-state index contributed by atoms with van der Waals surface area (Å²) >= 11 is 0. The molecular formula is C12H23NO.